The third-order valence-electron chi connectivity index (χ3n) is 3.78. The number of hydrogen-bond acceptors (Lipinski definition) is 2. The van der Waals surface area contributed by atoms with Crippen LogP contribution in [0.3, 0.4) is 0 Å². The summed E-state index contributed by atoms with van der Waals surface area (Å²) in [5, 5.41) is 3.58. The van der Waals surface area contributed by atoms with Crippen LogP contribution in [0, 0.1) is 5.92 Å². The zero-order valence-corrected chi connectivity index (χ0v) is 10.3. The minimum Gasteiger partial charge on any atom is -0.313 e. The first kappa shape index (κ1) is 11.4. The number of likely N-dealkylation sites (tertiary alicyclic amines) is 1. The molecule has 0 spiro atoms. The molecular weight excluding hydrogens is 184 g/mol. The minimum absolute atomic E-state index is 0.635. The fourth-order valence-corrected chi connectivity index (χ4v) is 2.55. The van der Waals surface area contributed by atoms with Crippen molar-refractivity contribution in [2.75, 3.05) is 19.6 Å². The lowest BCUT2D eigenvalue weighted by Crippen LogP contribution is -2.40. The molecule has 1 aliphatic carbocycles. The Bertz CT molecular complexity index is 175. The first-order valence-electron chi connectivity index (χ1n) is 6.73. The van der Waals surface area contributed by atoms with E-state index in [1.54, 1.807) is 0 Å². The summed E-state index contributed by atoms with van der Waals surface area (Å²) in [5.41, 5.74) is 0. The SMILES string of the molecule is CC(C)NCC1CCCN1CCC1CC1. The summed E-state index contributed by atoms with van der Waals surface area (Å²) in [6, 6.07) is 1.46. The molecule has 15 heavy (non-hydrogen) atoms. The average molecular weight is 210 g/mol. The van der Waals surface area contributed by atoms with Crippen molar-refractivity contribution in [1.82, 2.24) is 10.2 Å². The second-order valence-corrected chi connectivity index (χ2v) is 5.63. The Morgan fingerprint density at radius 1 is 1.27 bits per heavy atom. The van der Waals surface area contributed by atoms with Crippen LogP contribution in [-0.2, 0) is 0 Å². The van der Waals surface area contributed by atoms with Gasteiger partial charge >= 0.3 is 0 Å². The highest BCUT2D eigenvalue weighted by Gasteiger charge is 2.27. The van der Waals surface area contributed by atoms with Crippen molar-refractivity contribution in [3.63, 3.8) is 0 Å². The van der Waals surface area contributed by atoms with Gasteiger partial charge in [-0.15, -0.1) is 0 Å². The topological polar surface area (TPSA) is 15.3 Å². The predicted molar refractivity (Wildman–Crippen MR) is 65.1 cm³/mol. The molecule has 1 saturated carbocycles. The molecule has 2 fully saturated rings. The van der Waals surface area contributed by atoms with Gasteiger partial charge in [0.25, 0.3) is 0 Å². The second-order valence-electron chi connectivity index (χ2n) is 5.63. The van der Waals surface area contributed by atoms with Gasteiger partial charge in [-0.1, -0.05) is 26.7 Å². The van der Waals surface area contributed by atoms with Crippen LogP contribution in [0.1, 0.15) is 46.0 Å². The van der Waals surface area contributed by atoms with Crippen molar-refractivity contribution in [2.24, 2.45) is 5.92 Å². The summed E-state index contributed by atoms with van der Waals surface area (Å²) >= 11 is 0. The molecule has 0 aromatic heterocycles. The standard InChI is InChI=1S/C13H26N2/c1-11(2)14-10-13-4-3-8-15(13)9-7-12-5-6-12/h11-14H,3-10H2,1-2H3. The normalized spacial score (nSPS) is 27.8. The van der Waals surface area contributed by atoms with Gasteiger partial charge in [0.2, 0.25) is 0 Å². The predicted octanol–water partition coefficient (Wildman–Crippen LogP) is 2.25. The highest BCUT2D eigenvalue weighted by atomic mass is 15.2. The van der Waals surface area contributed by atoms with Crippen molar-refractivity contribution < 1.29 is 0 Å². The van der Waals surface area contributed by atoms with Crippen LogP contribution in [0.5, 0.6) is 0 Å². The maximum atomic E-state index is 3.58. The summed E-state index contributed by atoms with van der Waals surface area (Å²) < 4.78 is 0. The van der Waals surface area contributed by atoms with Gasteiger partial charge in [-0.25, -0.2) is 0 Å². The first-order valence-corrected chi connectivity index (χ1v) is 6.73. The van der Waals surface area contributed by atoms with E-state index in [0.29, 0.717) is 6.04 Å². The molecule has 0 aromatic carbocycles. The summed E-state index contributed by atoms with van der Waals surface area (Å²) in [4.78, 5) is 2.72. The number of hydrogen-bond donors (Lipinski definition) is 1. The van der Waals surface area contributed by atoms with Gasteiger partial charge in [0.15, 0.2) is 0 Å². The zero-order valence-electron chi connectivity index (χ0n) is 10.3. The van der Waals surface area contributed by atoms with Crippen molar-refractivity contribution in [2.45, 2.75) is 58.0 Å². The fourth-order valence-electron chi connectivity index (χ4n) is 2.55. The molecule has 2 heteroatoms. The van der Waals surface area contributed by atoms with Crippen molar-refractivity contribution >= 4 is 0 Å². The van der Waals surface area contributed by atoms with Crippen LogP contribution in [0.25, 0.3) is 0 Å². The lowest BCUT2D eigenvalue weighted by molar-refractivity contribution is 0.237. The van der Waals surface area contributed by atoms with Gasteiger partial charge in [0.1, 0.15) is 0 Å². The molecule has 1 saturated heterocycles. The van der Waals surface area contributed by atoms with E-state index >= 15 is 0 Å². The Balaban J connectivity index is 1.66. The van der Waals surface area contributed by atoms with Gasteiger partial charge in [-0.2, -0.15) is 0 Å². The van der Waals surface area contributed by atoms with Gasteiger partial charge < -0.3 is 5.32 Å². The minimum atomic E-state index is 0.635. The molecule has 88 valence electrons. The van der Waals surface area contributed by atoms with E-state index in [1.807, 2.05) is 0 Å². The molecule has 1 aliphatic heterocycles. The van der Waals surface area contributed by atoms with E-state index in [0.717, 1.165) is 12.0 Å². The van der Waals surface area contributed by atoms with Gasteiger partial charge in [0, 0.05) is 18.6 Å². The van der Waals surface area contributed by atoms with Crippen molar-refractivity contribution in [3.8, 4) is 0 Å². The molecule has 1 unspecified atom stereocenters. The number of nitrogens with zero attached hydrogens (tertiary/aromatic N) is 1. The molecule has 2 rings (SSSR count). The van der Waals surface area contributed by atoms with Crippen LogP contribution in [0.4, 0.5) is 0 Å². The number of nitrogens with one attached hydrogen (secondary N) is 1. The van der Waals surface area contributed by atoms with E-state index in [2.05, 4.69) is 24.1 Å². The Morgan fingerprint density at radius 3 is 2.73 bits per heavy atom. The van der Waals surface area contributed by atoms with Crippen LogP contribution >= 0.6 is 0 Å². The number of rotatable bonds is 6. The summed E-state index contributed by atoms with van der Waals surface area (Å²) in [6.07, 6.45) is 7.28. The highest BCUT2D eigenvalue weighted by Crippen LogP contribution is 2.33. The summed E-state index contributed by atoms with van der Waals surface area (Å²) in [5.74, 6) is 1.09. The van der Waals surface area contributed by atoms with E-state index in [4.69, 9.17) is 0 Å². The smallest absolute Gasteiger partial charge is 0.0221 e. The average Bonchev–Trinajstić information content (AvgIpc) is 2.92. The van der Waals surface area contributed by atoms with Crippen molar-refractivity contribution in [3.05, 3.63) is 0 Å². The lowest BCUT2D eigenvalue weighted by atomic mass is 10.2. The third-order valence-corrected chi connectivity index (χ3v) is 3.78. The van der Waals surface area contributed by atoms with Crippen LogP contribution in [-0.4, -0.2) is 36.6 Å². The lowest BCUT2D eigenvalue weighted by Gasteiger charge is -2.25. The Hall–Kier alpha value is -0.0800. The molecule has 0 bridgehead atoms. The molecule has 2 nitrogen and oxygen atoms in total. The Kier molecular flexibility index (Phi) is 4.04. The molecular formula is C13H26N2. The summed E-state index contributed by atoms with van der Waals surface area (Å²) in [6.45, 7) is 8.38. The maximum Gasteiger partial charge on any atom is 0.0221 e. The van der Waals surface area contributed by atoms with Gasteiger partial charge in [-0.3, -0.25) is 4.90 Å². The van der Waals surface area contributed by atoms with Gasteiger partial charge in [-0.05, 0) is 38.3 Å². The molecule has 2 aliphatic rings. The van der Waals surface area contributed by atoms with E-state index in [-0.39, 0.29) is 0 Å². The highest BCUT2D eigenvalue weighted by molar-refractivity contribution is 4.83. The zero-order chi connectivity index (χ0) is 10.7. The molecule has 1 atom stereocenters. The molecule has 0 amide bonds. The second kappa shape index (κ2) is 5.31. The third kappa shape index (κ3) is 3.76. The fraction of sp³-hybridized carbons (Fsp3) is 1.00. The molecule has 0 radical (unpaired) electrons. The quantitative estimate of drug-likeness (QED) is 0.723. The first-order chi connectivity index (χ1) is 7.25. The Labute approximate surface area is 94.4 Å². The Morgan fingerprint density at radius 2 is 2.07 bits per heavy atom. The van der Waals surface area contributed by atoms with E-state index in [9.17, 15) is 0 Å². The monoisotopic (exact) mass is 210 g/mol. The molecule has 1 N–H and O–H groups in total. The van der Waals surface area contributed by atoms with Gasteiger partial charge in [0.05, 0.1) is 0 Å². The van der Waals surface area contributed by atoms with E-state index in [1.165, 1.54) is 51.7 Å². The largest absolute Gasteiger partial charge is 0.313 e. The molecule has 0 aromatic rings. The molecule has 1 heterocycles. The van der Waals surface area contributed by atoms with Crippen molar-refractivity contribution in [1.29, 1.82) is 0 Å². The summed E-state index contributed by atoms with van der Waals surface area (Å²) in [7, 11) is 0. The van der Waals surface area contributed by atoms with E-state index < -0.39 is 0 Å². The van der Waals surface area contributed by atoms with Crippen LogP contribution in [0.2, 0.25) is 0 Å². The maximum absolute atomic E-state index is 3.58. The van der Waals surface area contributed by atoms with Crippen LogP contribution in [0.15, 0.2) is 0 Å². The van der Waals surface area contributed by atoms with Crippen LogP contribution < -0.4 is 5.32 Å².